The van der Waals surface area contributed by atoms with Crippen molar-refractivity contribution in [2.75, 3.05) is 39.2 Å². The van der Waals surface area contributed by atoms with Gasteiger partial charge in [-0.3, -0.25) is 9.10 Å². The van der Waals surface area contributed by atoms with Crippen molar-refractivity contribution >= 4 is 21.6 Å². The molecule has 0 radical (unpaired) electrons. The maximum Gasteiger partial charge on any atom is 0.264 e. The molecule has 7 nitrogen and oxygen atoms in total. The number of hydrogen-bond donors (Lipinski definition) is 0. The van der Waals surface area contributed by atoms with Gasteiger partial charge in [0.15, 0.2) is 11.5 Å². The van der Waals surface area contributed by atoms with Crippen LogP contribution in [0.25, 0.3) is 0 Å². The molecule has 174 valence electrons. The highest BCUT2D eigenvalue weighted by atomic mass is 32.2. The minimum Gasteiger partial charge on any atom is -0.493 e. The lowest BCUT2D eigenvalue weighted by Crippen LogP contribution is -2.29. The van der Waals surface area contributed by atoms with Crippen LogP contribution in [0.5, 0.6) is 11.5 Å². The van der Waals surface area contributed by atoms with Crippen LogP contribution < -0.4 is 13.8 Å². The van der Waals surface area contributed by atoms with Gasteiger partial charge in [0, 0.05) is 26.2 Å². The molecular formula is C25H28N2O5S. The van der Waals surface area contributed by atoms with E-state index in [1.807, 2.05) is 24.3 Å². The highest BCUT2D eigenvalue weighted by Crippen LogP contribution is 2.28. The molecule has 0 aliphatic carbocycles. The van der Waals surface area contributed by atoms with Crippen molar-refractivity contribution < 1.29 is 22.7 Å². The van der Waals surface area contributed by atoms with E-state index in [4.69, 9.17) is 9.47 Å². The summed E-state index contributed by atoms with van der Waals surface area (Å²) in [6.45, 7) is 0.491. The molecule has 3 rings (SSSR count). The van der Waals surface area contributed by atoms with Gasteiger partial charge < -0.3 is 14.4 Å². The number of nitrogens with zero attached hydrogens (tertiary/aromatic N) is 2. The van der Waals surface area contributed by atoms with Gasteiger partial charge in [-0.25, -0.2) is 8.42 Å². The minimum atomic E-state index is -3.73. The lowest BCUT2D eigenvalue weighted by Gasteiger charge is -2.20. The van der Waals surface area contributed by atoms with Gasteiger partial charge in [-0.05, 0) is 60.5 Å². The average Bonchev–Trinajstić information content (AvgIpc) is 2.86. The number of amides is 1. The van der Waals surface area contributed by atoms with Crippen LogP contribution in [0.1, 0.15) is 15.9 Å². The number of anilines is 1. The molecule has 8 heteroatoms. The van der Waals surface area contributed by atoms with Crippen molar-refractivity contribution in [2.45, 2.75) is 11.3 Å². The third kappa shape index (κ3) is 5.46. The summed E-state index contributed by atoms with van der Waals surface area (Å²) in [6.07, 6.45) is 0.636. The topological polar surface area (TPSA) is 76.2 Å². The van der Waals surface area contributed by atoms with Gasteiger partial charge in [-0.1, -0.05) is 24.3 Å². The number of sulfonamides is 1. The zero-order chi connectivity index (χ0) is 24.0. The molecule has 3 aromatic rings. The van der Waals surface area contributed by atoms with E-state index in [2.05, 4.69) is 0 Å². The Hall–Kier alpha value is -3.52. The average molecular weight is 469 g/mol. The first-order valence-electron chi connectivity index (χ1n) is 10.4. The van der Waals surface area contributed by atoms with Crippen LogP contribution in [-0.2, 0) is 16.4 Å². The highest BCUT2D eigenvalue weighted by molar-refractivity contribution is 7.92. The highest BCUT2D eigenvalue weighted by Gasteiger charge is 2.22. The first-order valence-corrected chi connectivity index (χ1v) is 11.8. The van der Waals surface area contributed by atoms with E-state index >= 15 is 0 Å². The largest absolute Gasteiger partial charge is 0.493 e. The van der Waals surface area contributed by atoms with Crippen molar-refractivity contribution in [3.05, 3.63) is 83.9 Å². The van der Waals surface area contributed by atoms with Crippen LogP contribution in [-0.4, -0.2) is 54.1 Å². The third-order valence-corrected chi connectivity index (χ3v) is 7.21. The molecule has 0 saturated heterocycles. The molecule has 0 atom stereocenters. The van der Waals surface area contributed by atoms with E-state index in [0.717, 1.165) is 5.56 Å². The molecule has 0 spiro atoms. The maximum absolute atomic E-state index is 12.9. The van der Waals surface area contributed by atoms with Crippen LogP contribution in [0.4, 0.5) is 5.69 Å². The van der Waals surface area contributed by atoms with Crippen molar-refractivity contribution in [3.63, 3.8) is 0 Å². The fourth-order valence-electron chi connectivity index (χ4n) is 3.36. The Morgan fingerprint density at radius 1 is 0.848 bits per heavy atom. The maximum atomic E-state index is 12.9. The van der Waals surface area contributed by atoms with Crippen molar-refractivity contribution in [3.8, 4) is 11.5 Å². The Bertz CT molecular complexity index is 1200. The molecular weight excluding hydrogens is 440 g/mol. The third-order valence-electron chi connectivity index (χ3n) is 5.41. The lowest BCUT2D eigenvalue weighted by molar-refractivity contribution is 0.0796. The molecule has 0 saturated carbocycles. The monoisotopic (exact) mass is 468 g/mol. The van der Waals surface area contributed by atoms with Crippen molar-refractivity contribution in [1.29, 1.82) is 0 Å². The Balaban J connectivity index is 1.67. The van der Waals surface area contributed by atoms with Crippen molar-refractivity contribution in [2.24, 2.45) is 0 Å². The number of benzene rings is 3. The van der Waals surface area contributed by atoms with Gasteiger partial charge >= 0.3 is 0 Å². The molecule has 0 N–H and O–H groups in total. The molecule has 0 aliphatic heterocycles. The molecule has 33 heavy (non-hydrogen) atoms. The summed E-state index contributed by atoms with van der Waals surface area (Å²) in [4.78, 5) is 14.6. The summed E-state index contributed by atoms with van der Waals surface area (Å²) in [5, 5.41) is 0. The van der Waals surface area contributed by atoms with E-state index in [-0.39, 0.29) is 10.8 Å². The number of carbonyl (C=O) groups excluding carboxylic acids is 1. The quantitative estimate of drug-likeness (QED) is 0.477. The fourth-order valence-corrected chi connectivity index (χ4v) is 4.55. The Labute approximate surface area is 195 Å². The van der Waals surface area contributed by atoms with E-state index in [9.17, 15) is 13.2 Å². The SMILES string of the molecule is COc1ccc(CCN(C)C(=O)c2ccc(S(=O)(=O)N(C)c3ccccc3)cc2)cc1OC. The number of hydrogen-bond acceptors (Lipinski definition) is 5. The Kier molecular flexibility index (Phi) is 7.60. The number of ether oxygens (including phenoxy) is 2. The normalized spacial score (nSPS) is 11.0. The van der Waals surface area contributed by atoms with E-state index in [1.165, 1.54) is 23.5 Å². The summed E-state index contributed by atoms with van der Waals surface area (Å²) >= 11 is 0. The van der Waals surface area contributed by atoms with E-state index in [0.29, 0.717) is 35.7 Å². The number of methoxy groups -OCH3 is 2. The minimum absolute atomic E-state index is 0.124. The molecule has 0 fully saturated rings. The summed E-state index contributed by atoms with van der Waals surface area (Å²) in [5.41, 5.74) is 2.00. The molecule has 0 aliphatic rings. The van der Waals surface area contributed by atoms with Crippen LogP contribution >= 0.6 is 0 Å². The lowest BCUT2D eigenvalue weighted by atomic mass is 10.1. The summed E-state index contributed by atoms with van der Waals surface area (Å²) in [5.74, 6) is 1.11. The Morgan fingerprint density at radius 2 is 1.48 bits per heavy atom. The van der Waals surface area contributed by atoms with E-state index in [1.54, 1.807) is 62.6 Å². The number of para-hydroxylation sites is 1. The smallest absolute Gasteiger partial charge is 0.264 e. The standard InChI is InChI=1S/C25H28N2O5S/c1-26(17-16-19-10-15-23(31-3)24(18-19)32-4)25(28)20-11-13-22(14-12-20)33(29,30)27(2)21-8-6-5-7-9-21/h5-15,18H,16-17H2,1-4H3. The molecule has 0 aromatic heterocycles. The molecule has 0 bridgehead atoms. The predicted molar refractivity (Wildman–Crippen MR) is 129 cm³/mol. The first kappa shape index (κ1) is 24.1. The van der Waals surface area contributed by atoms with Crippen LogP contribution in [0.2, 0.25) is 0 Å². The summed E-state index contributed by atoms with van der Waals surface area (Å²) in [7, 11) is 2.66. The molecule has 1 amide bonds. The second kappa shape index (κ2) is 10.4. The van der Waals surface area contributed by atoms with Crippen LogP contribution in [0, 0.1) is 0 Å². The van der Waals surface area contributed by atoms with Gasteiger partial charge in [-0.15, -0.1) is 0 Å². The zero-order valence-corrected chi connectivity index (χ0v) is 20.0. The number of likely N-dealkylation sites (N-methyl/N-ethyl adjacent to an activating group) is 1. The van der Waals surface area contributed by atoms with Gasteiger partial charge in [0.1, 0.15) is 0 Å². The van der Waals surface area contributed by atoms with E-state index < -0.39 is 10.0 Å². The number of carbonyl (C=O) groups is 1. The first-order chi connectivity index (χ1) is 15.8. The molecule has 0 heterocycles. The predicted octanol–water partition coefficient (Wildman–Crippen LogP) is 3.84. The Morgan fingerprint density at radius 3 is 2.09 bits per heavy atom. The van der Waals surface area contributed by atoms with Crippen LogP contribution in [0.15, 0.2) is 77.7 Å². The number of rotatable bonds is 9. The summed E-state index contributed by atoms with van der Waals surface area (Å²) in [6, 6.07) is 20.5. The molecule has 0 unspecified atom stereocenters. The zero-order valence-electron chi connectivity index (χ0n) is 19.2. The van der Waals surface area contributed by atoms with Gasteiger partial charge in [0.2, 0.25) is 0 Å². The van der Waals surface area contributed by atoms with Gasteiger partial charge in [-0.2, -0.15) is 0 Å². The summed E-state index contributed by atoms with van der Waals surface area (Å²) < 4.78 is 37.6. The second-order valence-electron chi connectivity index (χ2n) is 7.50. The fraction of sp³-hybridized carbons (Fsp3) is 0.240. The van der Waals surface area contributed by atoms with Crippen LogP contribution in [0.3, 0.4) is 0 Å². The van der Waals surface area contributed by atoms with Crippen molar-refractivity contribution in [1.82, 2.24) is 4.90 Å². The molecule has 3 aromatic carbocycles. The van der Waals surface area contributed by atoms with Gasteiger partial charge in [0.05, 0.1) is 24.8 Å². The second-order valence-corrected chi connectivity index (χ2v) is 9.47. The van der Waals surface area contributed by atoms with Gasteiger partial charge in [0.25, 0.3) is 15.9 Å².